The molecule has 0 fully saturated rings. The number of benzene rings is 1. The quantitative estimate of drug-likeness (QED) is 0.942. The number of aromatic nitrogens is 1. The summed E-state index contributed by atoms with van der Waals surface area (Å²) < 4.78 is 24.9. The van der Waals surface area contributed by atoms with Crippen molar-refractivity contribution in [1.29, 1.82) is 0 Å². The van der Waals surface area contributed by atoms with Gasteiger partial charge in [0, 0.05) is 22.8 Å². The third kappa shape index (κ3) is 2.41. The minimum Gasteiger partial charge on any atom is -0.396 e. The highest BCUT2D eigenvalue weighted by Gasteiger charge is 2.30. The zero-order valence-electron chi connectivity index (χ0n) is 10.7. The summed E-state index contributed by atoms with van der Waals surface area (Å²) in [6.07, 6.45) is 1.46. The van der Waals surface area contributed by atoms with E-state index in [-0.39, 0.29) is 22.4 Å². The molecule has 2 aromatic rings. The van der Waals surface area contributed by atoms with Crippen LogP contribution in [-0.2, 0) is 9.84 Å². The largest absolute Gasteiger partial charge is 0.396 e. The number of hydrogen-bond donors (Lipinski definition) is 1. The predicted octanol–water partition coefficient (Wildman–Crippen LogP) is 2.33. The first-order valence-corrected chi connectivity index (χ1v) is 8.87. The van der Waals surface area contributed by atoms with Crippen LogP contribution < -0.4 is 5.73 Å². The molecule has 3 rings (SSSR count). The van der Waals surface area contributed by atoms with E-state index in [1.165, 1.54) is 11.1 Å². The summed E-state index contributed by atoms with van der Waals surface area (Å²) in [6.45, 7) is 0. The van der Waals surface area contributed by atoms with E-state index < -0.39 is 9.84 Å². The van der Waals surface area contributed by atoms with Crippen LogP contribution in [0, 0.1) is 0 Å². The summed E-state index contributed by atoms with van der Waals surface area (Å²) in [7, 11) is -3.47. The van der Waals surface area contributed by atoms with Crippen molar-refractivity contribution in [2.24, 2.45) is 0 Å². The number of thioether (sulfide) groups is 1. The van der Waals surface area contributed by atoms with Crippen molar-refractivity contribution < 1.29 is 8.42 Å². The van der Waals surface area contributed by atoms with Crippen LogP contribution in [0.5, 0.6) is 0 Å². The molecule has 0 radical (unpaired) electrons. The molecule has 1 aromatic carbocycles. The Morgan fingerprint density at radius 2 is 2.05 bits per heavy atom. The maximum atomic E-state index is 12.5. The fourth-order valence-corrected chi connectivity index (χ4v) is 5.41. The Kier molecular flexibility index (Phi) is 3.43. The minimum atomic E-state index is -3.47. The van der Waals surface area contributed by atoms with Crippen molar-refractivity contribution in [1.82, 2.24) is 4.98 Å². The average Bonchev–Trinajstić information content (AvgIpc) is 2.82. The van der Waals surface area contributed by atoms with Crippen LogP contribution in [0.1, 0.15) is 11.5 Å². The van der Waals surface area contributed by atoms with Gasteiger partial charge in [-0.1, -0.05) is 18.2 Å². The molecule has 1 aliphatic rings. The Labute approximate surface area is 122 Å². The second kappa shape index (κ2) is 5.10. The first-order chi connectivity index (χ1) is 9.58. The Bertz CT molecular complexity index is 744. The van der Waals surface area contributed by atoms with Gasteiger partial charge in [0.1, 0.15) is 0 Å². The number of rotatable bonds is 3. The molecule has 1 aliphatic heterocycles. The Hall–Kier alpha value is -1.53. The van der Waals surface area contributed by atoms with Crippen LogP contribution in [0.25, 0.3) is 0 Å². The minimum absolute atomic E-state index is 0.00241. The number of pyridine rings is 1. The molecule has 104 valence electrons. The summed E-state index contributed by atoms with van der Waals surface area (Å²) in [5.74, 6) is 0.839. The van der Waals surface area contributed by atoms with Crippen LogP contribution in [0.15, 0.2) is 52.5 Å². The lowest BCUT2D eigenvalue weighted by Gasteiger charge is -2.12. The van der Waals surface area contributed by atoms with Crippen LogP contribution in [-0.4, -0.2) is 24.9 Å². The molecule has 2 heterocycles. The molecule has 0 spiro atoms. The Morgan fingerprint density at radius 1 is 1.25 bits per heavy atom. The molecule has 0 saturated carbocycles. The molecule has 0 saturated heterocycles. The average molecular weight is 306 g/mol. The second-order valence-electron chi connectivity index (χ2n) is 4.72. The number of sulfone groups is 1. The van der Waals surface area contributed by atoms with E-state index in [0.29, 0.717) is 0 Å². The fourth-order valence-electron chi connectivity index (χ4n) is 2.37. The van der Waals surface area contributed by atoms with Gasteiger partial charge in [0.25, 0.3) is 0 Å². The van der Waals surface area contributed by atoms with Crippen LogP contribution >= 0.6 is 11.8 Å². The van der Waals surface area contributed by atoms with Gasteiger partial charge in [-0.15, -0.1) is 11.8 Å². The van der Waals surface area contributed by atoms with Gasteiger partial charge in [-0.3, -0.25) is 0 Å². The van der Waals surface area contributed by atoms with E-state index in [0.717, 1.165) is 11.3 Å². The topological polar surface area (TPSA) is 73.0 Å². The summed E-state index contributed by atoms with van der Waals surface area (Å²) >= 11 is 1.70. The van der Waals surface area contributed by atoms with Gasteiger partial charge in [0.15, 0.2) is 14.9 Å². The SMILES string of the molecule is Nc1cccnc1S(=O)(=O)CC1CSc2ccccc21. The van der Waals surface area contributed by atoms with Gasteiger partial charge in [-0.05, 0) is 23.8 Å². The van der Waals surface area contributed by atoms with Gasteiger partial charge in [0.05, 0.1) is 11.4 Å². The number of hydrogen-bond acceptors (Lipinski definition) is 5. The molecule has 4 nitrogen and oxygen atoms in total. The van der Waals surface area contributed by atoms with Crippen molar-refractivity contribution in [2.45, 2.75) is 15.8 Å². The van der Waals surface area contributed by atoms with Crippen molar-refractivity contribution >= 4 is 27.3 Å². The maximum Gasteiger partial charge on any atom is 0.198 e. The van der Waals surface area contributed by atoms with E-state index in [2.05, 4.69) is 4.98 Å². The third-order valence-electron chi connectivity index (χ3n) is 3.31. The van der Waals surface area contributed by atoms with Crippen molar-refractivity contribution in [2.75, 3.05) is 17.2 Å². The number of fused-ring (bicyclic) bond motifs is 1. The van der Waals surface area contributed by atoms with Gasteiger partial charge >= 0.3 is 0 Å². The summed E-state index contributed by atoms with van der Waals surface area (Å²) in [4.78, 5) is 5.10. The third-order valence-corrected chi connectivity index (χ3v) is 6.34. The maximum absolute atomic E-state index is 12.5. The molecule has 0 bridgehead atoms. The lowest BCUT2D eigenvalue weighted by molar-refractivity contribution is 0.588. The number of nitrogens with two attached hydrogens (primary N) is 1. The number of nitrogen functional groups attached to an aromatic ring is 1. The monoisotopic (exact) mass is 306 g/mol. The summed E-state index contributed by atoms with van der Waals surface area (Å²) in [5, 5.41) is -0.00520. The summed E-state index contributed by atoms with van der Waals surface area (Å²) in [6, 6.07) is 11.1. The highest BCUT2D eigenvalue weighted by molar-refractivity contribution is 7.99. The van der Waals surface area contributed by atoms with E-state index in [1.807, 2.05) is 24.3 Å². The highest BCUT2D eigenvalue weighted by Crippen LogP contribution is 2.40. The Morgan fingerprint density at radius 3 is 2.85 bits per heavy atom. The van der Waals surface area contributed by atoms with Crippen LogP contribution in [0.3, 0.4) is 0 Å². The number of nitrogens with zero attached hydrogens (tertiary/aromatic N) is 1. The van der Waals surface area contributed by atoms with Gasteiger partial charge in [0.2, 0.25) is 0 Å². The van der Waals surface area contributed by atoms with Gasteiger partial charge in [-0.25, -0.2) is 13.4 Å². The molecule has 1 atom stereocenters. The van der Waals surface area contributed by atoms with Crippen molar-refractivity contribution in [3.05, 3.63) is 48.2 Å². The van der Waals surface area contributed by atoms with E-state index in [9.17, 15) is 8.42 Å². The molecule has 1 unspecified atom stereocenters. The van der Waals surface area contributed by atoms with Crippen LogP contribution in [0.4, 0.5) is 5.69 Å². The van der Waals surface area contributed by atoms with Crippen molar-refractivity contribution in [3.63, 3.8) is 0 Å². The first-order valence-electron chi connectivity index (χ1n) is 6.23. The summed E-state index contributed by atoms with van der Waals surface area (Å²) in [5.41, 5.74) is 7.05. The van der Waals surface area contributed by atoms with E-state index in [4.69, 9.17) is 5.73 Å². The zero-order valence-corrected chi connectivity index (χ0v) is 12.3. The Balaban J connectivity index is 1.91. The molecule has 0 amide bonds. The molecule has 0 aliphatic carbocycles. The highest BCUT2D eigenvalue weighted by atomic mass is 32.2. The first kappa shape index (κ1) is 13.5. The smallest absolute Gasteiger partial charge is 0.198 e. The molecular weight excluding hydrogens is 292 g/mol. The molecule has 6 heteroatoms. The fraction of sp³-hybridized carbons (Fsp3) is 0.214. The molecule has 20 heavy (non-hydrogen) atoms. The molecular formula is C14H14N2O2S2. The second-order valence-corrected chi connectivity index (χ2v) is 7.74. The lowest BCUT2D eigenvalue weighted by atomic mass is 10.0. The van der Waals surface area contributed by atoms with E-state index >= 15 is 0 Å². The predicted molar refractivity (Wildman–Crippen MR) is 80.6 cm³/mol. The zero-order chi connectivity index (χ0) is 14.2. The normalized spacial score (nSPS) is 17.9. The van der Waals surface area contributed by atoms with Gasteiger partial charge < -0.3 is 5.73 Å². The standard InChI is InChI=1S/C14H14N2O2S2/c15-12-5-3-7-16-14(12)20(17,18)9-10-8-19-13-6-2-1-4-11(10)13/h1-7,10H,8-9,15H2. The van der Waals surface area contributed by atoms with E-state index in [1.54, 1.807) is 23.9 Å². The molecule has 1 aromatic heterocycles. The van der Waals surface area contributed by atoms with Crippen LogP contribution in [0.2, 0.25) is 0 Å². The van der Waals surface area contributed by atoms with Gasteiger partial charge in [-0.2, -0.15) is 0 Å². The lowest BCUT2D eigenvalue weighted by Crippen LogP contribution is -2.17. The van der Waals surface area contributed by atoms with Crippen molar-refractivity contribution in [3.8, 4) is 0 Å². The molecule has 2 N–H and O–H groups in total. The number of anilines is 1.